The van der Waals surface area contributed by atoms with E-state index in [0.29, 0.717) is 11.8 Å². The van der Waals surface area contributed by atoms with E-state index in [9.17, 15) is 0 Å². The first-order valence-corrected chi connectivity index (χ1v) is 14.7. The van der Waals surface area contributed by atoms with Crippen LogP contribution in [0, 0.1) is 0 Å². The molecule has 4 nitrogen and oxygen atoms in total. The lowest BCUT2D eigenvalue weighted by Gasteiger charge is -2.11. The minimum atomic E-state index is 0.562. The Labute approximate surface area is 217 Å². The Morgan fingerprint density at radius 2 is 0.943 bits per heavy atom. The van der Waals surface area contributed by atoms with Crippen molar-refractivity contribution in [1.82, 2.24) is 19.9 Å². The van der Waals surface area contributed by atoms with Gasteiger partial charge in [0.25, 0.3) is 0 Å². The van der Waals surface area contributed by atoms with Gasteiger partial charge in [-0.05, 0) is 52.6 Å². The van der Waals surface area contributed by atoms with Crippen LogP contribution in [0.1, 0.15) is 29.4 Å². The molecule has 2 aromatic heterocycles. The minimum Gasteiger partial charge on any atom is -0.237 e. The van der Waals surface area contributed by atoms with Gasteiger partial charge in [0.2, 0.25) is 0 Å². The Kier molecular flexibility index (Phi) is 3.95. The number of hydrogen-bond donors (Lipinski definition) is 0. The third-order valence-corrected chi connectivity index (χ3v) is 12.3. The summed E-state index contributed by atoms with van der Waals surface area (Å²) in [5, 5.41) is 6.39. The molecule has 2 aliphatic carbocycles. The van der Waals surface area contributed by atoms with Gasteiger partial charge >= 0.3 is 0 Å². The molecule has 0 N–H and O–H groups in total. The molecule has 2 aliphatic heterocycles. The van der Waals surface area contributed by atoms with E-state index in [1.54, 1.807) is 47.0 Å². The van der Waals surface area contributed by atoms with Crippen molar-refractivity contribution in [3.63, 3.8) is 0 Å². The molecule has 2 atom stereocenters. The summed E-state index contributed by atoms with van der Waals surface area (Å²) in [6.07, 6.45) is 5.92. The molecule has 3 aromatic carbocycles. The maximum atomic E-state index is 5.04. The average molecular weight is 523 g/mol. The van der Waals surface area contributed by atoms with Crippen molar-refractivity contribution >= 4 is 79.9 Å². The van der Waals surface area contributed by atoms with Crippen molar-refractivity contribution in [3.05, 3.63) is 80.3 Å². The first kappa shape index (κ1) is 19.6. The van der Waals surface area contributed by atoms with Crippen molar-refractivity contribution in [2.24, 2.45) is 0 Å². The molecular formula is C27H14N4S4. The molecule has 166 valence electrons. The van der Waals surface area contributed by atoms with E-state index in [1.807, 2.05) is 0 Å². The highest BCUT2D eigenvalue weighted by atomic mass is 32.2. The van der Waals surface area contributed by atoms with E-state index in [0.717, 1.165) is 42.2 Å². The van der Waals surface area contributed by atoms with Gasteiger partial charge < -0.3 is 0 Å². The van der Waals surface area contributed by atoms with Gasteiger partial charge in [-0.2, -0.15) is 0 Å². The molecule has 4 heterocycles. The average Bonchev–Trinajstić information content (AvgIpc) is 3.66. The smallest absolute Gasteiger partial charge is 0.135 e. The first-order chi connectivity index (χ1) is 17.2. The minimum absolute atomic E-state index is 0.562. The molecule has 9 rings (SSSR count). The topological polar surface area (TPSA) is 51.6 Å². The van der Waals surface area contributed by atoms with Crippen LogP contribution in [0.4, 0.5) is 0 Å². The predicted molar refractivity (Wildman–Crippen MR) is 146 cm³/mol. The van der Waals surface area contributed by atoms with Crippen LogP contribution in [0.2, 0.25) is 0 Å². The summed E-state index contributed by atoms with van der Waals surface area (Å²) in [7, 11) is 0. The summed E-state index contributed by atoms with van der Waals surface area (Å²) in [6, 6.07) is 17.2. The second-order valence-corrected chi connectivity index (χ2v) is 13.7. The molecule has 0 fully saturated rings. The van der Waals surface area contributed by atoms with Gasteiger partial charge in [0, 0.05) is 11.8 Å². The SMILES string of the molecule is C1=CC2CC1c1cc3nc4c(nc3cc12)SC(=C1Sc2nc3cc5ccccc5cc3nc2S1)S4. The van der Waals surface area contributed by atoms with Crippen molar-refractivity contribution in [3.8, 4) is 0 Å². The number of aromatic nitrogens is 4. The van der Waals surface area contributed by atoms with Crippen LogP contribution in [-0.2, 0) is 0 Å². The molecule has 0 spiro atoms. The fourth-order valence-corrected chi connectivity index (χ4v) is 10.4. The Hall–Kier alpha value is -2.52. The van der Waals surface area contributed by atoms with Gasteiger partial charge in [-0.15, -0.1) is 0 Å². The second-order valence-electron chi connectivity index (χ2n) is 9.14. The van der Waals surface area contributed by atoms with E-state index in [1.165, 1.54) is 36.8 Å². The summed E-state index contributed by atoms with van der Waals surface area (Å²) in [5.41, 5.74) is 6.81. The molecule has 0 saturated heterocycles. The Morgan fingerprint density at radius 3 is 1.37 bits per heavy atom. The second kappa shape index (κ2) is 7.03. The summed E-state index contributed by atoms with van der Waals surface area (Å²) < 4.78 is 2.46. The highest BCUT2D eigenvalue weighted by molar-refractivity contribution is 8.30. The molecular weight excluding hydrogens is 509 g/mol. The fraction of sp³-hybridized carbons (Fsp3) is 0.111. The zero-order chi connectivity index (χ0) is 22.7. The van der Waals surface area contributed by atoms with Gasteiger partial charge in [-0.25, -0.2) is 19.9 Å². The van der Waals surface area contributed by atoms with Crippen molar-refractivity contribution in [1.29, 1.82) is 0 Å². The maximum Gasteiger partial charge on any atom is 0.135 e. The number of nitrogens with zero attached hydrogens (tertiary/aromatic N) is 4. The van der Waals surface area contributed by atoms with Gasteiger partial charge in [-0.1, -0.05) is 83.5 Å². The normalized spacial score (nSPS) is 21.5. The third-order valence-electron chi connectivity index (χ3n) is 7.08. The predicted octanol–water partition coefficient (Wildman–Crippen LogP) is 8.09. The van der Waals surface area contributed by atoms with E-state index in [-0.39, 0.29) is 0 Å². The molecule has 5 aromatic rings. The lowest BCUT2D eigenvalue weighted by Crippen LogP contribution is -1.96. The van der Waals surface area contributed by atoms with E-state index in [2.05, 4.69) is 60.7 Å². The van der Waals surface area contributed by atoms with Crippen molar-refractivity contribution < 1.29 is 0 Å². The molecule has 2 bridgehead atoms. The standard InChI is InChI=1S/C27H14N4S4/c1-2-4-13-9-19-18(8-12(13)3-1)28-22-23(29-19)33-26(32-22)27-34-24-25(35-27)31-21-11-17-15-6-5-14(7-15)16(17)10-20(21)30-24/h1-6,8-11,14-15H,7H2. The number of allylic oxidation sites excluding steroid dienone is 2. The molecule has 35 heavy (non-hydrogen) atoms. The lowest BCUT2D eigenvalue weighted by atomic mass is 9.96. The summed E-state index contributed by atoms with van der Waals surface area (Å²) in [4.78, 5) is 20.0. The van der Waals surface area contributed by atoms with Crippen LogP contribution in [-0.4, -0.2) is 19.9 Å². The van der Waals surface area contributed by atoms with Crippen molar-refractivity contribution in [2.75, 3.05) is 0 Å². The highest BCUT2D eigenvalue weighted by Gasteiger charge is 2.34. The number of thioether (sulfide) groups is 4. The van der Waals surface area contributed by atoms with Crippen LogP contribution in [0.5, 0.6) is 0 Å². The number of benzene rings is 3. The molecule has 0 saturated carbocycles. The molecule has 8 heteroatoms. The van der Waals surface area contributed by atoms with Crippen LogP contribution < -0.4 is 0 Å². The number of fused-ring (bicyclic) bond motifs is 10. The number of hydrogen-bond acceptors (Lipinski definition) is 8. The number of rotatable bonds is 0. The van der Waals surface area contributed by atoms with Crippen LogP contribution >= 0.6 is 47.0 Å². The van der Waals surface area contributed by atoms with Crippen molar-refractivity contribution in [2.45, 2.75) is 38.4 Å². The van der Waals surface area contributed by atoms with E-state index in [4.69, 9.17) is 19.9 Å². The highest BCUT2D eigenvalue weighted by Crippen LogP contribution is 2.60. The first-order valence-electron chi connectivity index (χ1n) is 11.5. The van der Waals surface area contributed by atoms with E-state index >= 15 is 0 Å². The van der Waals surface area contributed by atoms with Gasteiger partial charge in [-0.3, -0.25) is 0 Å². The van der Waals surface area contributed by atoms with Gasteiger partial charge in [0.15, 0.2) is 0 Å². The molecule has 4 aliphatic rings. The van der Waals surface area contributed by atoms with Crippen LogP contribution in [0.3, 0.4) is 0 Å². The summed E-state index contributed by atoms with van der Waals surface area (Å²) in [6.45, 7) is 0. The zero-order valence-corrected chi connectivity index (χ0v) is 21.3. The molecule has 0 amide bonds. The van der Waals surface area contributed by atoms with E-state index < -0.39 is 0 Å². The monoisotopic (exact) mass is 522 g/mol. The Bertz CT molecular complexity index is 1730. The third kappa shape index (κ3) is 2.88. The summed E-state index contributed by atoms with van der Waals surface area (Å²) in [5.74, 6) is 1.12. The Morgan fingerprint density at radius 1 is 0.543 bits per heavy atom. The molecule has 2 unspecified atom stereocenters. The zero-order valence-electron chi connectivity index (χ0n) is 18.1. The quantitative estimate of drug-likeness (QED) is 0.149. The largest absolute Gasteiger partial charge is 0.237 e. The fourth-order valence-electron chi connectivity index (χ4n) is 5.44. The molecule has 0 radical (unpaired) electrons. The summed E-state index contributed by atoms with van der Waals surface area (Å²) >= 11 is 6.90. The van der Waals surface area contributed by atoms with Gasteiger partial charge in [0.05, 0.1) is 30.5 Å². The van der Waals surface area contributed by atoms with Gasteiger partial charge in [0.1, 0.15) is 20.1 Å². The Balaban J connectivity index is 1.09. The van der Waals surface area contributed by atoms with Crippen LogP contribution in [0.15, 0.2) is 89.3 Å². The lowest BCUT2D eigenvalue weighted by molar-refractivity contribution is 0.805. The maximum absolute atomic E-state index is 5.04. The van der Waals surface area contributed by atoms with Crippen LogP contribution in [0.25, 0.3) is 32.8 Å².